The third-order valence-electron chi connectivity index (χ3n) is 4.06. The summed E-state index contributed by atoms with van der Waals surface area (Å²) in [5, 5.41) is 0. The van der Waals surface area contributed by atoms with Gasteiger partial charge in [0.15, 0.2) is 0 Å². The van der Waals surface area contributed by atoms with Crippen molar-refractivity contribution in [2.75, 3.05) is 31.1 Å². The van der Waals surface area contributed by atoms with Gasteiger partial charge in [-0.1, -0.05) is 0 Å². The highest BCUT2D eigenvalue weighted by Crippen LogP contribution is 2.28. The van der Waals surface area contributed by atoms with E-state index in [0.29, 0.717) is 11.8 Å². The number of aromatic nitrogens is 2. The van der Waals surface area contributed by atoms with Gasteiger partial charge in [-0.05, 0) is 25.0 Å². The van der Waals surface area contributed by atoms with Crippen molar-refractivity contribution in [3.63, 3.8) is 0 Å². The van der Waals surface area contributed by atoms with Gasteiger partial charge in [0.1, 0.15) is 5.52 Å². The van der Waals surface area contributed by atoms with Gasteiger partial charge in [0, 0.05) is 38.4 Å². The summed E-state index contributed by atoms with van der Waals surface area (Å²) >= 11 is 0. The second-order valence-electron chi connectivity index (χ2n) is 5.09. The summed E-state index contributed by atoms with van der Waals surface area (Å²) in [5.41, 5.74) is 1.50. The second-order valence-corrected chi connectivity index (χ2v) is 5.09. The molecule has 3 aliphatic rings. The third-order valence-corrected chi connectivity index (χ3v) is 4.06. The minimum Gasteiger partial charge on any atom is -0.404 e. The molecule has 3 saturated heterocycles. The highest BCUT2D eigenvalue weighted by Gasteiger charge is 2.31. The molecule has 0 N–H and O–H groups in total. The Bertz CT molecular complexity index is 526. The number of oxazole rings is 1. The number of hydrogen-bond acceptors (Lipinski definition) is 5. The molecular formula is C13H16N4O. The van der Waals surface area contributed by atoms with E-state index >= 15 is 0 Å². The van der Waals surface area contributed by atoms with E-state index in [1.807, 2.05) is 12.1 Å². The Morgan fingerprint density at radius 2 is 2.06 bits per heavy atom. The topological polar surface area (TPSA) is 45.4 Å². The molecule has 0 aromatic carbocycles. The van der Waals surface area contributed by atoms with Gasteiger partial charge in [-0.3, -0.25) is 0 Å². The van der Waals surface area contributed by atoms with Crippen molar-refractivity contribution in [1.82, 2.24) is 14.9 Å². The minimum atomic E-state index is 0.580. The smallest absolute Gasteiger partial charge is 0.300 e. The first-order chi connectivity index (χ1) is 8.90. The van der Waals surface area contributed by atoms with Crippen LogP contribution in [-0.4, -0.2) is 47.1 Å². The van der Waals surface area contributed by atoms with Gasteiger partial charge in [0.05, 0.1) is 0 Å². The molecule has 5 heterocycles. The predicted molar refractivity (Wildman–Crippen MR) is 68.6 cm³/mol. The molecule has 0 amide bonds. The first-order valence-electron chi connectivity index (χ1n) is 6.61. The van der Waals surface area contributed by atoms with E-state index < -0.39 is 0 Å². The van der Waals surface area contributed by atoms with Crippen LogP contribution in [0.2, 0.25) is 0 Å². The van der Waals surface area contributed by atoms with Crippen LogP contribution in [0.5, 0.6) is 0 Å². The maximum atomic E-state index is 5.80. The largest absolute Gasteiger partial charge is 0.404 e. The van der Waals surface area contributed by atoms with Crippen molar-refractivity contribution in [2.45, 2.75) is 18.9 Å². The van der Waals surface area contributed by atoms with Crippen molar-refractivity contribution >= 4 is 17.2 Å². The molecule has 3 fully saturated rings. The summed E-state index contributed by atoms with van der Waals surface area (Å²) < 4.78 is 5.80. The zero-order valence-corrected chi connectivity index (χ0v) is 10.2. The molecule has 0 unspecified atom stereocenters. The number of nitrogens with zero attached hydrogens (tertiary/aromatic N) is 4. The molecule has 18 heavy (non-hydrogen) atoms. The second kappa shape index (κ2) is 3.95. The monoisotopic (exact) mass is 244 g/mol. The summed E-state index contributed by atoms with van der Waals surface area (Å²) in [6, 6.07) is 5.18. The van der Waals surface area contributed by atoms with Gasteiger partial charge in [0.25, 0.3) is 6.01 Å². The van der Waals surface area contributed by atoms with Crippen LogP contribution in [0.4, 0.5) is 6.01 Å². The van der Waals surface area contributed by atoms with Crippen LogP contribution >= 0.6 is 0 Å². The van der Waals surface area contributed by atoms with Gasteiger partial charge in [-0.15, -0.1) is 0 Å². The van der Waals surface area contributed by atoms with Crippen LogP contribution in [-0.2, 0) is 0 Å². The standard InChI is InChI=1S/C13H16N4O/c1-2-11-12(14-5-1)18-13(15-11)17-9-8-16-6-3-10(17)4-7-16/h1-2,5,10H,3-4,6-9H2. The average Bonchev–Trinajstić information content (AvgIpc) is 2.61. The van der Waals surface area contributed by atoms with Crippen LogP contribution in [0.1, 0.15) is 12.8 Å². The highest BCUT2D eigenvalue weighted by atomic mass is 16.4. The molecule has 2 aromatic heterocycles. The Morgan fingerprint density at radius 1 is 1.17 bits per heavy atom. The first kappa shape index (κ1) is 10.3. The fourth-order valence-corrected chi connectivity index (χ4v) is 3.02. The molecule has 5 rings (SSSR count). The van der Waals surface area contributed by atoms with E-state index in [0.717, 1.165) is 24.6 Å². The molecule has 5 nitrogen and oxygen atoms in total. The van der Waals surface area contributed by atoms with E-state index in [4.69, 9.17) is 4.42 Å². The SMILES string of the molecule is c1cnc2oc(N3CCN4CCC3CC4)nc2c1. The number of rotatable bonds is 1. The number of pyridine rings is 1. The summed E-state index contributed by atoms with van der Waals surface area (Å²) in [6.45, 7) is 4.54. The van der Waals surface area contributed by atoms with E-state index in [-0.39, 0.29) is 0 Å². The van der Waals surface area contributed by atoms with Gasteiger partial charge in [-0.2, -0.15) is 4.98 Å². The molecule has 94 valence electrons. The average molecular weight is 244 g/mol. The Hall–Kier alpha value is -1.62. The third kappa shape index (κ3) is 1.58. The predicted octanol–water partition coefficient (Wildman–Crippen LogP) is 1.51. The molecule has 0 radical (unpaired) electrons. The van der Waals surface area contributed by atoms with Crippen molar-refractivity contribution in [3.8, 4) is 0 Å². The normalized spacial score (nSPS) is 27.7. The van der Waals surface area contributed by atoms with Crippen molar-refractivity contribution in [2.24, 2.45) is 0 Å². The van der Waals surface area contributed by atoms with Crippen molar-refractivity contribution < 1.29 is 4.42 Å². The summed E-state index contributed by atoms with van der Waals surface area (Å²) in [4.78, 5) is 13.6. The highest BCUT2D eigenvalue weighted by molar-refractivity contribution is 5.69. The van der Waals surface area contributed by atoms with Crippen LogP contribution in [0.15, 0.2) is 22.7 Å². The van der Waals surface area contributed by atoms with Crippen LogP contribution in [0, 0.1) is 0 Å². The van der Waals surface area contributed by atoms with Crippen LogP contribution in [0.3, 0.4) is 0 Å². The molecule has 0 spiro atoms. The number of anilines is 1. The lowest BCUT2D eigenvalue weighted by Crippen LogP contribution is -2.38. The quantitative estimate of drug-likeness (QED) is 0.761. The number of fused-ring (bicyclic) bond motifs is 5. The fraction of sp³-hybridized carbons (Fsp3) is 0.538. The molecule has 5 heteroatoms. The Labute approximate surface area is 105 Å². The molecule has 0 aliphatic carbocycles. The molecule has 0 atom stereocenters. The number of hydrogen-bond donors (Lipinski definition) is 0. The summed E-state index contributed by atoms with van der Waals surface area (Å²) in [5.74, 6) is 0. The lowest BCUT2D eigenvalue weighted by atomic mass is 10.1. The van der Waals surface area contributed by atoms with E-state index in [2.05, 4.69) is 19.8 Å². The Morgan fingerprint density at radius 3 is 2.89 bits per heavy atom. The molecule has 0 saturated carbocycles. The van der Waals surface area contributed by atoms with Crippen molar-refractivity contribution in [3.05, 3.63) is 18.3 Å². The van der Waals surface area contributed by atoms with Crippen LogP contribution < -0.4 is 4.90 Å². The fourth-order valence-electron chi connectivity index (χ4n) is 3.02. The lowest BCUT2D eigenvalue weighted by Gasteiger charge is -2.30. The zero-order chi connectivity index (χ0) is 11.9. The van der Waals surface area contributed by atoms with Gasteiger partial charge < -0.3 is 14.2 Å². The first-order valence-corrected chi connectivity index (χ1v) is 6.61. The van der Waals surface area contributed by atoms with E-state index in [9.17, 15) is 0 Å². The van der Waals surface area contributed by atoms with Crippen molar-refractivity contribution in [1.29, 1.82) is 0 Å². The van der Waals surface area contributed by atoms with Gasteiger partial charge in [-0.25, -0.2) is 4.98 Å². The van der Waals surface area contributed by atoms with Crippen LogP contribution in [0.25, 0.3) is 11.2 Å². The number of piperidine rings is 1. The lowest BCUT2D eigenvalue weighted by molar-refractivity contribution is 0.249. The molecule has 2 bridgehead atoms. The van der Waals surface area contributed by atoms with E-state index in [1.165, 1.54) is 25.9 Å². The Kier molecular flexibility index (Phi) is 2.26. The Balaban J connectivity index is 1.72. The maximum absolute atomic E-state index is 5.80. The van der Waals surface area contributed by atoms with E-state index in [1.54, 1.807) is 6.20 Å². The summed E-state index contributed by atoms with van der Waals surface area (Å²) in [7, 11) is 0. The minimum absolute atomic E-state index is 0.580. The summed E-state index contributed by atoms with van der Waals surface area (Å²) in [6.07, 6.45) is 4.18. The molecule has 2 aromatic rings. The van der Waals surface area contributed by atoms with Gasteiger partial charge in [0.2, 0.25) is 5.71 Å². The van der Waals surface area contributed by atoms with Gasteiger partial charge >= 0.3 is 0 Å². The maximum Gasteiger partial charge on any atom is 0.300 e. The molecule has 3 aliphatic heterocycles. The molecular weight excluding hydrogens is 228 g/mol. The zero-order valence-electron chi connectivity index (χ0n) is 10.2.